The van der Waals surface area contributed by atoms with Gasteiger partial charge in [-0.2, -0.15) is 0 Å². The average molecular weight is 269 g/mol. The molecule has 5 heteroatoms. The number of hydrogen-bond donors (Lipinski definition) is 0. The molecule has 0 amide bonds. The molecule has 0 saturated carbocycles. The molecule has 20 heavy (non-hydrogen) atoms. The Labute approximate surface area is 117 Å². The maximum absolute atomic E-state index is 12.0. The van der Waals surface area contributed by atoms with Gasteiger partial charge in [-0.25, -0.2) is 4.79 Å². The van der Waals surface area contributed by atoms with Gasteiger partial charge in [0.2, 0.25) is 0 Å². The van der Waals surface area contributed by atoms with Crippen molar-refractivity contribution in [1.82, 2.24) is 10.2 Å². The number of anilines is 1. The van der Waals surface area contributed by atoms with Crippen molar-refractivity contribution in [2.75, 3.05) is 25.1 Å². The van der Waals surface area contributed by atoms with Crippen molar-refractivity contribution in [3.05, 3.63) is 30.0 Å². The molecule has 0 unspecified atom stereocenters. The molecule has 2 aromatic rings. The SMILES string of the molecule is C#CCN(C)c1c(C(=O)OCC)nnc2ccccc12. The standard InChI is InChI=1S/C15H15N3O2/c1-4-10-18(3)14-11-8-6-7-9-12(11)16-17-13(14)15(19)20-5-2/h1,6-9H,5,10H2,2-3H3. The summed E-state index contributed by atoms with van der Waals surface area (Å²) in [5, 5.41) is 8.87. The number of rotatable bonds is 4. The van der Waals surface area contributed by atoms with Crippen LogP contribution in [-0.2, 0) is 4.74 Å². The molecule has 0 saturated heterocycles. The van der Waals surface area contributed by atoms with Gasteiger partial charge in [0.15, 0.2) is 5.69 Å². The van der Waals surface area contributed by atoms with E-state index in [-0.39, 0.29) is 12.3 Å². The normalized spacial score (nSPS) is 10.1. The van der Waals surface area contributed by atoms with E-state index in [0.29, 0.717) is 17.7 Å². The molecule has 2 rings (SSSR count). The van der Waals surface area contributed by atoms with E-state index in [9.17, 15) is 4.79 Å². The summed E-state index contributed by atoms with van der Waals surface area (Å²) < 4.78 is 5.03. The highest BCUT2D eigenvalue weighted by atomic mass is 16.5. The van der Waals surface area contributed by atoms with Crippen LogP contribution in [0.25, 0.3) is 10.9 Å². The molecule has 1 heterocycles. The van der Waals surface area contributed by atoms with Crippen molar-refractivity contribution in [3.63, 3.8) is 0 Å². The molecule has 5 nitrogen and oxygen atoms in total. The van der Waals surface area contributed by atoms with Gasteiger partial charge in [0.1, 0.15) is 0 Å². The highest BCUT2D eigenvalue weighted by Gasteiger charge is 2.20. The molecule has 0 fully saturated rings. The van der Waals surface area contributed by atoms with Crippen LogP contribution in [0.2, 0.25) is 0 Å². The molecule has 0 spiro atoms. The molecule has 102 valence electrons. The van der Waals surface area contributed by atoms with E-state index in [1.54, 1.807) is 11.8 Å². The van der Waals surface area contributed by atoms with Crippen LogP contribution in [0.1, 0.15) is 17.4 Å². The molecule has 0 radical (unpaired) electrons. The van der Waals surface area contributed by atoms with Gasteiger partial charge in [0, 0.05) is 12.4 Å². The van der Waals surface area contributed by atoms with E-state index in [2.05, 4.69) is 16.1 Å². The first kappa shape index (κ1) is 13.8. The molecule has 0 atom stereocenters. The lowest BCUT2D eigenvalue weighted by Gasteiger charge is -2.20. The Morgan fingerprint density at radius 2 is 2.15 bits per heavy atom. The summed E-state index contributed by atoms with van der Waals surface area (Å²) in [6.45, 7) is 2.39. The van der Waals surface area contributed by atoms with Crippen molar-refractivity contribution in [3.8, 4) is 12.3 Å². The largest absolute Gasteiger partial charge is 0.461 e. The van der Waals surface area contributed by atoms with Gasteiger partial charge in [0.05, 0.1) is 24.4 Å². The zero-order chi connectivity index (χ0) is 14.5. The molecular formula is C15H15N3O2. The highest BCUT2D eigenvalue weighted by molar-refractivity contribution is 6.03. The summed E-state index contributed by atoms with van der Waals surface area (Å²) in [4.78, 5) is 13.8. The average Bonchev–Trinajstić information content (AvgIpc) is 2.46. The molecule has 1 aromatic carbocycles. The van der Waals surface area contributed by atoms with Crippen molar-refractivity contribution in [1.29, 1.82) is 0 Å². The summed E-state index contributed by atoms with van der Waals surface area (Å²) in [5.41, 5.74) is 1.54. The van der Waals surface area contributed by atoms with Gasteiger partial charge in [-0.1, -0.05) is 24.1 Å². The number of terminal acetylenes is 1. The third-order valence-corrected chi connectivity index (χ3v) is 2.82. The van der Waals surface area contributed by atoms with Crippen LogP contribution in [0.15, 0.2) is 24.3 Å². The van der Waals surface area contributed by atoms with E-state index >= 15 is 0 Å². The summed E-state index contributed by atoms with van der Waals surface area (Å²) in [6.07, 6.45) is 5.35. The Kier molecular flexibility index (Phi) is 4.16. The topological polar surface area (TPSA) is 55.3 Å². The quantitative estimate of drug-likeness (QED) is 0.626. The molecule has 0 N–H and O–H groups in total. The second kappa shape index (κ2) is 6.02. The minimum absolute atomic E-state index is 0.184. The van der Waals surface area contributed by atoms with Gasteiger partial charge in [-0.15, -0.1) is 16.6 Å². The predicted octanol–water partition coefficient (Wildman–Crippen LogP) is 1.88. The fraction of sp³-hybridized carbons (Fsp3) is 0.267. The van der Waals surface area contributed by atoms with Crippen LogP contribution in [0.4, 0.5) is 5.69 Å². The van der Waals surface area contributed by atoms with E-state index in [0.717, 1.165) is 5.39 Å². The Balaban J connectivity index is 2.65. The summed E-state index contributed by atoms with van der Waals surface area (Å²) >= 11 is 0. The number of esters is 1. The van der Waals surface area contributed by atoms with Gasteiger partial charge in [0.25, 0.3) is 0 Å². The summed E-state index contributed by atoms with van der Waals surface area (Å²) in [7, 11) is 1.81. The predicted molar refractivity (Wildman–Crippen MR) is 77.6 cm³/mol. The minimum Gasteiger partial charge on any atom is -0.461 e. The zero-order valence-electron chi connectivity index (χ0n) is 11.5. The number of ether oxygens (including phenoxy) is 1. The van der Waals surface area contributed by atoms with E-state index < -0.39 is 5.97 Å². The van der Waals surface area contributed by atoms with Crippen LogP contribution in [0.3, 0.4) is 0 Å². The number of carbonyl (C=O) groups excluding carboxylic acids is 1. The second-order valence-electron chi connectivity index (χ2n) is 4.20. The van der Waals surface area contributed by atoms with Crippen LogP contribution in [-0.4, -0.2) is 36.4 Å². The van der Waals surface area contributed by atoms with Crippen LogP contribution < -0.4 is 4.90 Å². The van der Waals surface area contributed by atoms with Gasteiger partial charge in [-0.3, -0.25) is 0 Å². The van der Waals surface area contributed by atoms with E-state index in [1.807, 2.05) is 31.3 Å². The molecule has 0 aliphatic rings. The zero-order valence-corrected chi connectivity index (χ0v) is 11.5. The fourth-order valence-electron chi connectivity index (χ4n) is 1.98. The van der Waals surface area contributed by atoms with Crippen LogP contribution in [0, 0.1) is 12.3 Å². The fourth-order valence-corrected chi connectivity index (χ4v) is 1.98. The van der Waals surface area contributed by atoms with Crippen molar-refractivity contribution < 1.29 is 9.53 Å². The first-order chi connectivity index (χ1) is 9.69. The number of benzene rings is 1. The Morgan fingerprint density at radius 1 is 1.40 bits per heavy atom. The Hall–Kier alpha value is -2.61. The first-order valence-corrected chi connectivity index (χ1v) is 6.26. The van der Waals surface area contributed by atoms with E-state index in [4.69, 9.17) is 11.2 Å². The van der Waals surface area contributed by atoms with Crippen molar-refractivity contribution in [2.24, 2.45) is 0 Å². The second-order valence-corrected chi connectivity index (χ2v) is 4.20. The van der Waals surface area contributed by atoms with Gasteiger partial charge < -0.3 is 9.64 Å². The highest BCUT2D eigenvalue weighted by Crippen LogP contribution is 2.27. The smallest absolute Gasteiger partial charge is 0.361 e. The lowest BCUT2D eigenvalue weighted by atomic mass is 10.1. The van der Waals surface area contributed by atoms with Gasteiger partial charge >= 0.3 is 5.97 Å². The summed E-state index contributed by atoms with van der Waals surface area (Å²) in [5.74, 6) is 2.06. The number of nitrogens with zero attached hydrogens (tertiary/aromatic N) is 3. The molecule has 0 bridgehead atoms. The molecule has 0 aliphatic heterocycles. The third kappa shape index (κ3) is 2.54. The number of aromatic nitrogens is 2. The maximum atomic E-state index is 12.0. The summed E-state index contributed by atoms with van der Waals surface area (Å²) in [6, 6.07) is 7.47. The Bertz CT molecular complexity index is 676. The lowest BCUT2D eigenvalue weighted by Crippen LogP contribution is -2.22. The lowest BCUT2D eigenvalue weighted by molar-refractivity contribution is 0.0519. The number of hydrogen-bond acceptors (Lipinski definition) is 5. The van der Waals surface area contributed by atoms with Crippen molar-refractivity contribution in [2.45, 2.75) is 6.92 Å². The van der Waals surface area contributed by atoms with Crippen molar-refractivity contribution >= 4 is 22.6 Å². The van der Waals surface area contributed by atoms with Gasteiger partial charge in [-0.05, 0) is 13.0 Å². The number of carbonyl (C=O) groups is 1. The molecule has 0 aliphatic carbocycles. The van der Waals surface area contributed by atoms with Crippen LogP contribution in [0.5, 0.6) is 0 Å². The third-order valence-electron chi connectivity index (χ3n) is 2.82. The Morgan fingerprint density at radius 3 is 2.85 bits per heavy atom. The van der Waals surface area contributed by atoms with Crippen LogP contribution >= 0.6 is 0 Å². The molecule has 1 aromatic heterocycles. The monoisotopic (exact) mass is 269 g/mol. The minimum atomic E-state index is -0.496. The molecular weight excluding hydrogens is 254 g/mol. The van der Waals surface area contributed by atoms with E-state index in [1.165, 1.54) is 0 Å². The first-order valence-electron chi connectivity index (χ1n) is 6.26. The number of fused-ring (bicyclic) bond motifs is 1. The maximum Gasteiger partial charge on any atom is 0.361 e.